The van der Waals surface area contributed by atoms with Gasteiger partial charge in [-0.25, -0.2) is 4.39 Å². The van der Waals surface area contributed by atoms with Gasteiger partial charge in [0.05, 0.1) is 11.0 Å². The van der Waals surface area contributed by atoms with E-state index in [1.54, 1.807) is 24.0 Å². The molecule has 5 aliphatic rings. The van der Waals surface area contributed by atoms with Crippen molar-refractivity contribution < 1.29 is 18.8 Å². The zero-order valence-corrected chi connectivity index (χ0v) is 18.0. The number of halogens is 1. The molecule has 31 heavy (non-hydrogen) atoms. The van der Waals surface area contributed by atoms with Crippen LogP contribution < -0.4 is 5.32 Å². The molecule has 4 saturated carbocycles. The van der Waals surface area contributed by atoms with Crippen LogP contribution in [0.2, 0.25) is 0 Å². The molecule has 2 atom stereocenters. The highest BCUT2D eigenvalue weighted by atomic mass is 19.1. The SMILES string of the molecule is CC(=O)NC12CC3CC(C1)CC(C(=O)N1CCN(C(=O)c4ccccc4F)CC1)(C3)C2. The molecule has 166 valence electrons. The van der Waals surface area contributed by atoms with Crippen LogP contribution in [-0.2, 0) is 9.59 Å². The molecule has 1 N–H and O–H groups in total. The monoisotopic (exact) mass is 427 g/mol. The van der Waals surface area contributed by atoms with Gasteiger partial charge in [0.1, 0.15) is 5.82 Å². The minimum atomic E-state index is -0.511. The second-order valence-corrected chi connectivity index (χ2v) is 10.3. The molecule has 5 fully saturated rings. The average Bonchev–Trinajstić information content (AvgIpc) is 2.71. The van der Waals surface area contributed by atoms with E-state index in [1.807, 2.05) is 4.90 Å². The molecule has 6 rings (SSSR count). The molecule has 4 bridgehead atoms. The number of carbonyl (C=O) groups is 3. The standard InChI is InChI=1S/C24H30FN3O3/c1-16(29)26-24-13-17-10-18(14-24)12-23(11-17,15-24)22(31)28-8-6-27(7-9-28)21(30)19-4-2-3-5-20(19)25/h2-5,17-18H,6-15H2,1H3,(H,26,29). The minimum Gasteiger partial charge on any atom is -0.351 e. The van der Waals surface area contributed by atoms with Gasteiger partial charge in [0, 0.05) is 38.6 Å². The molecule has 1 heterocycles. The molecule has 1 aromatic rings. The summed E-state index contributed by atoms with van der Waals surface area (Å²) >= 11 is 0. The summed E-state index contributed by atoms with van der Waals surface area (Å²) in [7, 11) is 0. The second kappa shape index (κ2) is 7.31. The third-order valence-electron chi connectivity index (χ3n) is 7.91. The Morgan fingerprint density at radius 2 is 1.58 bits per heavy atom. The van der Waals surface area contributed by atoms with Gasteiger partial charge in [-0.2, -0.15) is 0 Å². The summed E-state index contributed by atoms with van der Waals surface area (Å²) in [4.78, 5) is 41.9. The van der Waals surface area contributed by atoms with Crippen LogP contribution in [0.1, 0.15) is 55.8 Å². The summed E-state index contributed by atoms with van der Waals surface area (Å²) in [6.07, 6.45) is 5.71. The van der Waals surface area contributed by atoms with E-state index in [2.05, 4.69) is 5.32 Å². The van der Waals surface area contributed by atoms with Crippen LogP contribution in [0, 0.1) is 23.1 Å². The van der Waals surface area contributed by atoms with Crippen LogP contribution in [0.15, 0.2) is 24.3 Å². The summed E-state index contributed by atoms with van der Waals surface area (Å²) in [6.45, 7) is 3.35. The average molecular weight is 428 g/mol. The first-order valence-electron chi connectivity index (χ1n) is 11.4. The van der Waals surface area contributed by atoms with Gasteiger partial charge in [0.15, 0.2) is 0 Å². The van der Waals surface area contributed by atoms with Crippen LogP contribution >= 0.6 is 0 Å². The maximum absolute atomic E-state index is 14.0. The summed E-state index contributed by atoms with van der Waals surface area (Å²) < 4.78 is 14.0. The van der Waals surface area contributed by atoms with Crippen molar-refractivity contribution in [3.8, 4) is 0 Å². The fraction of sp³-hybridized carbons (Fsp3) is 0.625. The van der Waals surface area contributed by atoms with Gasteiger partial charge < -0.3 is 15.1 Å². The number of hydrogen-bond donors (Lipinski definition) is 1. The van der Waals surface area contributed by atoms with Gasteiger partial charge in [-0.15, -0.1) is 0 Å². The normalized spacial score (nSPS) is 34.0. The third kappa shape index (κ3) is 3.52. The van der Waals surface area contributed by atoms with Crippen molar-refractivity contribution >= 4 is 17.7 Å². The largest absolute Gasteiger partial charge is 0.351 e. The Morgan fingerprint density at radius 3 is 2.19 bits per heavy atom. The van der Waals surface area contributed by atoms with Crippen LogP contribution in [-0.4, -0.2) is 59.2 Å². The summed E-state index contributed by atoms with van der Waals surface area (Å²) in [6, 6.07) is 6.03. The number of rotatable bonds is 3. The predicted molar refractivity (Wildman–Crippen MR) is 113 cm³/mol. The van der Waals surface area contributed by atoms with Crippen molar-refractivity contribution in [2.75, 3.05) is 26.2 Å². The number of carbonyl (C=O) groups excluding carboxylic acids is 3. The number of piperazine rings is 1. The van der Waals surface area contributed by atoms with Gasteiger partial charge in [-0.3, -0.25) is 14.4 Å². The summed E-state index contributed by atoms with van der Waals surface area (Å²) in [5.41, 5.74) is -0.529. The molecule has 1 aliphatic heterocycles. The Labute approximate surface area is 182 Å². The van der Waals surface area contributed by atoms with Crippen LogP contribution in [0.25, 0.3) is 0 Å². The lowest BCUT2D eigenvalue weighted by molar-refractivity contribution is -0.164. The van der Waals surface area contributed by atoms with Gasteiger partial charge in [0.25, 0.3) is 5.91 Å². The topological polar surface area (TPSA) is 69.7 Å². The molecule has 3 amide bonds. The molecule has 6 nitrogen and oxygen atoms in total. The Bertz CT molecular complexity index is 910. The lowest BCUT2D eigenvalue weighted by Crippen LogP contribution is -2.66. The van der Waals surface area contributed by atoms with E-state index in [4.69, 9.17) is 0 Å². The number of amides is 3. The van der Waals surface area contributed by atoms with Crippen molar-refractivity contribution in [2.45, 2.75) is 51.0 Å². The van der Waals surface area contributed by atoms with E-state index in [0.717, 1.165) is 32.1 Å². The molecule has 1 aromatic carbocycles. The van der Waals surface area contributed by atoms with E-state index < -0.39 is 5.82 Å². The van der Waals surface area contributed by atoms with Crippen molar-refractivity contribution in [1.29, 1.82) is 0 Å². The maximum Gasteiger partial charge on any atom is 0.256 e. The Morgan fingerprint density at radius 1 is 0.968 bits per heavy atom. The Balaban J connectivity index is 1.28. The molecular formula is C24H30FN3O3. The smallest absolute Gasteiger partial charge is 0.256 e. The quantitative estimate of drug-likeness (QED) is 0.806. The first-order valence-corrected chi connectivity index (χ1v) is 11.4. The number of benzene rings is 1. The zero-order chi connectivity index (χ0) is 21.8. The maximum atomic E-state index is 14.0. The van der Waals surface area contributed by atoms with E-state index in [1.165, 1.54) is 18.6 Å². The first-order chi connectivity index (χ1) is 14.8. The van der Waals surface area contributed by atoms with Crippen molar-refractivity contribution in [1.82, 2.24) is 15.1 Å². The minimum absolute atomic E-state index is 0.00943. The fourth-order valence-electron chi connectivity index (χ4n) is 7.29. The van der Waals surface area contributed by atoms with Crippen LogP contribution in [0.3, 0.4) is 0 Å². The Kier molecular flexibility index (Phi) is 4.83. The molecule has 2 unspecified atom stereocenters. The number of nitrogens with one attached hydrogen (secondary N) is 1. The third-order valence-corrected chi connectivity index (χ3v) is 7.91. The molecule has 0 radical (unpaired) electrons. The fourth-order valence-corrected chi connectivity index (χ4v) is 7.29. The van der Waals surface area contributed by atoms with Gasteiger partial charge in [-0.1, -0.05) is 12.1 Å². The highest BCUT2D eigenvalue weighted by Crippen LogP contribution is 2.62. The number of nitrogens with zero attached hydrogens (tertiary/aromatic N) is 2. The predicted octanol–water partition coefficient (Wildman–Crippen LogP) is 2.59. The van der Waals surface area contributed by atoms with E-state index in [-0.39, 0.29) is 34.2 Å². The van der Waals surface area contributed by atoms with Crippen molar-refractivity contribution in [3.63, 3.8) is 0 Å². The van der Waals surface area contributed by atoms with Gasteiger partial charge in [-0.05, 0) is 62.5 Å². The first kappa shape index (κ1) is 20.5. The molecule has 0 aromatic heterocycles. The van der Waals surface area contributed by atoms with Crippen molar-refractivity contribution in [2.24, 2.45) is 17.3 Å². The number of hydrogen-bond acceptors (Lipinski definition) is 3. The van der Waals surface area contributed by atoms with E-state index in [0.29, 0.717) is 38.0 Å². The highest BCUT2D eigenvalue weighted by molar-refractivity contribution is 5.94. The lowest BCUT2D eigenvalue weighted by Gasteiger charge is -2.62. The van der Waals surface area contributed by atoms with Gasteiger partial charge >= 0.3 is 0 Å². The lowest BCUT2D eigenvalue weighted by atomic mass is 9.46. The van der Waals surface area contributed by atoms with Crippen LogP contribution in [0.4, 0.5) is 4.39 Å². The summed E-state index contributed by atoms with van der Waals surface area (Å²) in [5, 5.41) is 3.22. The molecule has 4 aliphatic carbocycles. The molecule has 0 spiro atoms. The van der Waals surface area contributed by atoms with Gasteiger partial charge in [0.2, 0.25) is 11.8 Å². The molecule has 1 saturated heterocycles. The zero-order valence-electron chi connectivity index (χ0n) is 18.0. The second-order valence-electron chi connectivity index (χ2n) is 10.3. The molecule has 7 heteroatoms. The van der Waals surface area contributed by atoms with Crippen LogP contribution in [0.5, 0.6) is 0 Å². The Hall–Kier alpha value is -2.44. The summed E-state index contributed by atoms with van der Waals surface area (Å²) in [5.74, 6) is 0.355. The van der Waals surface area contributed by atoms with E-state index in [9.17, 15) is 18.8 Å². The highest BCUT2D eigenvalue weighted by Gasteiger charge is 2.61. The van der Waals surface area contributed by atoms with E-state index >= 15 is 0 Å². The molecular weight excluding hydrogens is 397 g/mol. The van der Waals surface area contributed by atoms with Crippen molar-refractivity contribution in [3.05, 3.63) is 35.6 Å².